The van der Waals surface area contributed by atoms with Crippen LogP contribution in [0.4, 0.5) is 0 Å². The van der Waals surface area contributed by atoms with Gasteiger partial charge in [-0.3, -0.25) is 0 Å². The molecule has 8 heteroatoms. The van der Waals surface area contributed by atoms with E-state index in [-0.39, 0.29) is 0 Å². The molecule has 0 bridgehead atoms. The van der Waals surface area contributed by atoms with Crippen molar-refractivity contribution in [2.75, 3.05) is 0 Å². The van der Waals surface area contributed by atoms with Gasteiger partial charge in [0.15, 0.2) is 0 Å². The largest absolute Gasteiger partial charge is 0.309 e. The standard InChI is InChI=1S/C108H58N8/c1-4-23-61(24-5-1)109-87-42-16-12-32-75(87)97-89(109)48-46-73-67-34-19-35-68-81-57-96-82(58-95(81)115(101(67)68)107(73)97)84-54-60(53-83-74-47-49-90-98(108(74)116(96)104(83)84)76-33-13-17-43-88(76)110(90)62-25-6-2-7-26-62)59-22-18-29-64(52-59)112-86-41-15-11-31-66(86)72-45-51-92-100(106(72)112)78-39-21-37-70-80-55-93-79(56-94(80)114(92)103(70)78)69-36-20-38-77-99-91(113(93)102(69)77)50-44-71-65-30-10-14-40-85(65)111(105(71)99)63-27-8-3-9-28-63/h1-58H. The fraction of sp³-hybridized carbons (Fsp3) is 0. The minimum absolute atomic E-state index is 1.12. The molecule has 8 nitrogen and oxygen atoms in total. The molecule has 0 saturated heterocycles. The van der Waals surface area contributed by atoms with Crippen LogP contribution in [0.3, 0.4) is 0 Å². The zero-order valence-electron chi connectivity index (χ0n) is 62.1. The molecule has 0 aliphatic rings. The Morgan fingerprint density at radius 3 is 0.888 bits per heavy atom. The highest BCUT2D eigenvalue weighted by Gasteiger charge is 2.32. The Bertz CT molecular complexity index is 9710. The molecule has 0 spiro atoms. The molecule has 530 valence electrons. The van der Waals surface area contributed by atoms with Crippen molar-refractivity contribution >= 4 is 240 Å². The van der Waals surface area contributed by atoms with Crippen LogP contribution in [0.5, 0.6) is 0 Å². The lowest BCUT2D eigenvalue weighted by Gasteiger charge is -2.12. The van der Waals surface area contributed by atoms with Crippen LogP contribution in [0.1, 0.15) is 0 Å². The van der Waals surface area contributed by atoms with E-state index < -0.39 is 0 Å². The first-order chi connectivity index (χ1) is 57.6. The summed E-state index contributed by atoms with van der Waals surface area (Å²) >= 11 is 0. The van der Waals surface area contributed by atoms with Gasteiger partial charge in [0.25, 0.3) is 0 Å². The van der Waals surface area contributed by atoms with Crippen molar-refractivity contribution in [1.82, 2.24) is 35.9 Å². The maximum Gasteiger partial charge on any atom is 0.0641 e. The van der Waals surface area contributed by atoms with E-state index in [0.29, 0.717) is 0 Å². The lowest BCUT2D eigenvalue weighted by Crippen LogP contribution is -1.95. The van der Waals surface area contributed by atoms with Gasteiger partial charge < -0.3 is 35.9 Å². The topological polar surface area (TPSA) is 37.4 Å². The molecule has 0 aliphatic carbocycles. The molecule has 116 heavy (non-hydrogen) atoms. The second kappa shape index (κ2) is 20.5. The van der Waals surface area contributed by atoms with Gasteiger partial charge in [-0.05, 0) is 145 Å². The lowest BCUT2D eigenvalue weighted by molar-refractivity contribution is 1.18. The fourth-order valence-electron chi connectivity index (χ4n) is 22.9. The third kappa shape index (κ3) is 6.87. The number of hydrogen-bond donors (Lipinski definition) is 0. The van der Waals surface area contributed by atoms with Gasteiger partial charge in [-0.25, -0.2) is 0 Å². The number of benzene rings is 18. The van der Waals surface area contributed by atoms with E-state index in [1.54, 1.807) is 0 Å². The zero-order valence-corrected chi connectivity index (χ0v) is 62.1. The summed E-state index contributed by atoms with van der Waals surface area (Å²) in [7, 11) is 0. The Kier molecular flexibility index (Phi) is 10.5. The molecule has 0 atom stereocenters. The van der Waals surface area contributed by atoms with E-state index in [9.17, 15) is 0 Å². The summed E-state index contributed by atoms with van der Waals surface area (Å²) in [6.07, 6.45) is 0. The molecular formula is C108H58N8. The molecule has 30 rings (SSSR count). The van der Waals surface area contributed by atoms with Gasteiger partial charge in [-0.2, -0.15) is 0 Å². The molecule has 18 aromatic carbocycles. The summed E-state index contributed by atoms with van der Waals surface area (Å²) in [5, 5.41) is 30.1. The molecule has 0 fully saturated rings. The summed E-state index contributed by atoms with van der Waals surface area (Å²) in [5.74, 6) is 0. The number of para-hydroxylation sites is 10. The molecule has 0 radical (unpaired) electrons. The Morgan fingerprint density at radius 2 is 0.414 bits per heavy atom. The van der Waals surface area contributed by atoms with Crippen LogP contribution in [0.25, 0.3) is 273 Å². The van der Waals surface area contributed by atoms with E-state index in [0.717, 1.165) is 28.3 Å². The van der Waals surface area contributed by atoms with Crippen LogP contribution in [0, 0.1) is 0 Å². The molecule has 0 aliphatic heterocycles. The van der Waals surface area contributed by atoms with Crippen LogP contribution in [0.15, 0.2) is 352 Å². The highest BCUT2D eigenvalue weighted by atomic mass is 15.0. The van der Waals surface area contributed by atoms with Crippen molar-refractivity contribution < 1.29 is 0 Å². The van der Waals surface area contributed by atoms with Gasteiger partial charge in [-0.15, -0.1) is 0 Å². The quantitative estimate of drug-likeness (QED) is 0.165. The summed E-state index contributed by atoms with van der Waals surface area (Å²) < 4.78 is 20.5. The average Bonchev–Trinajstić information content (AvgIpc) is 1.51. The Morgan fingerprint density at radius 1 is 0.121 bits per heavy atom. The van der Waals surface area contributed by atoms with E-state index in [2.05, 4.69) is 388 Å². The zero-order chi connectivity index (χ0) is 74.5. The summed E-state index contributed by atoms with van der Waals surface area (Å²) in [5.41, 5.74) is 31.3. The van der Waals surface area contributed by atoms with Crippen molar-refractivity contribution in [3.63, 3.8) is 0 Å². The molecule has 0 saturated carbocycles. The first-order valence-electron chi connectivity index (χ1n) is 40.3. The van der Waals surface area contributed by atoms with E-state index in [1.165, 1.54) is 245 Å². The minimum Gasteiger partial charge on any atom is -0.309 e. The number of hydrogen-bond acceptors (Lipinski definition) is 0. The van der Waals surface area contributed by atoms with Crippen LogP contribution >= 0.6 is 0 Å². The normalized spacial score (nSPS) is 13.0. The van der Waals surface area contributed by atoms with Gasteiger partial charge in [-0.1, -0.05) is 218 Å². The molecular weight excluding hydrogens is 1410 g/mol. The second-order valence-electron chi connectivity index (χ2n) is 32.5. The average molecular weight is 1470 g/mol. The predicted molar refractivity (Wildman–Crippen MR) is 488 cm³/mol. The van der Waals surface area contributed by atoms with Crippen LogP contribution in [0.2, 0.25) is 0 Å². The third-order valence-electron chi connectivity index (χ3n) is 27.2. The van der Waals surface area contributed by atoms with Crippen molar-refractivity contribution in [2.45, 2.75) is 0 Å². The van der Waals surface area contributed by atoms with Crippen molar-refractivity contribution in [3.8, 4) is 33.9 Å². The Hall–Kier alpha value is -15.6. The van der Waals surface area contributed by atoms with E-state index in [4.69, 9.17) is 0 Å². The number of nitrogens with zero attached hydrogens (tertiary/aromatic N) is 8. The highest BCUT2D eigenvalue weighted by molar-refractivity contribution is 6.38. The van der Waals surface area contributed by atoms with Crippen molar-refractivity contribution in [1.29, 1.82) is 0 Å². The Balaban J connectivity index is 0.666. The van der Waals surface area contributed by atoms with Crippen LogP contribution in [-0.4, -0.2) is 35.9 Å². The minimum atomic E-state index is 1.12. The second-order valence-corrected chi connectivity index (χ2v) is 32.5. The third-order valence-corrected chi connectivity index (χ3v) is 27.2. The number of rotatable bonds is 5. The monoisotopic (exact) mass is 1470 g/mol. The van der Waals surface area contributed by atoms with Gasteiger partial charge in [0.2, 0.25) is 0 Å². The SMILES string of the molecule is c1ccc(-n2c3ccccc3c3c2ccc2c4cccc5c6cc7c(cc6n(c54)c23)c2cc(-c3cccc(-n4c5ccccc5c5ccc6c(c8cccc9c%10cc%11c(cc%10n6c98)c6cccc8c9c%10c(ccc9n%11c68)c6ccccc6n%10-c6ccccc6)c54)c3)cc3c4ccc5c(c6ccccc6n5-c5ccccc5)c4n7c23)cc1. The number of aromatic nitrogens is 8. The van der Waals surface area contributed by atoms with Crippen molar-refractivity contribution in [3.05, 3.63) is 352 Å². The number of fused-ring (bicyclic) bond motifs is 40. The van der Waals surface area contributed by atoms with Gasteiger partial charge in [0, 0.05) is 152 Å². The summed E-state index contributed by atoms with van der Waals surface area (Å²) in [6.45, 7) is 0. The smallest absolute Gasteiger partial charge is 0.0641 e. The first-order valence-corrected chi connectivity index (χ1v) is 40.3. The van der Waals surface area contributed by atoms with Gasteiger partial charge in [0.1, 0.15) is 0 Å². The maximum absolute atomic E-state index is 2.66. The highest BCUT2D eigenvalue weighted by Crippen LogP contribution is 2.54. The molecule has 0 N–H and O–H groups in total. The van der Waals surface area contributed by atoms with Gasteiger partial charge in [0.05, 0.1) is 110 Å². The molecule has 12 aromatic heterocycles. The molecule has 12 heterocycles. The maximum atomic E-state index is 2.66. The predicted octanol–water partition coefficient (Wildman–Crippen LogP) is 28.3. The fourth-order valence-corrected chi connectivity index (χ4v) is 22.9. The first kappa shape index (κ1) is 59.2. The summed E-state index contributed by atoms with van der Waals surface area (Å²) in [6, 6.07) is 133. The molecule has 30 aromatic rings. The van der Waals surface area contributed by atoms with Crippen molar-refractivity contribution in [2.24, 2.45) is 0 Å². The van der Waals surface area contributed by atoms with Gasteiger partial charge >= 0.3 is 0 Å². The molecule has 0 unspecified atom stereocenters. The van der Waals surface area contributed by atoms with E-state index >= 15 is 0 Å². The van der Waals surface area contributed by atoms with E-state index in [1.807, 2.05) is 0 Å². The van der Waals surface area contributed by atoms with Crippen LogP contribution in [-0.2, 0) is 0 Å². The van der Waals surface area contributed by atoms with Crippen LogP contribution < -0.4 is 0 Å². The Labute approximate surface area is 656 Å². The molecule has 0 amide bonds. The summed E-state index contributed by atoms with van der Waals surface area (Å²) in [4.78, 5) is 0. The lowest BCUT2D eigenvalue weighted by atomic mass is 9.98.